The van der Waals surface area contributed by atoms with Crippen LogP contribution in [0.15, 0.2) is 23.2 Å². The van der Waals surface area contributed by atoms with Crippen molar-refractivity contribution < 1.29 is 13.2 Å². The van der Waals surface area contributed by atoms with Gasteiger partial charge >= 0.3 is 0 Å². The molecule has 140 valence electrons. The SMILES string of the molecule is CN1CCN(S(=O)(=O)c2ccc(NCCN3CCOCC3)nc2)CC1. The minimum absolute atomic E-state index is 0.260. The van der Waals surface area contributed by atoms with Gasteiger partial charge in [-0.15, -0.1) is 0 Å². The van der Waals surface area contributed by atoms with E-state index in [1.165, 1.54) is 10.5 Å². The van der Waals surface area contributed by atoms with Crippen molar-refractivity contribution in [1.82, 2.24) is 19.1 Å². The molecule has 0 aromatic carbocycles. The van der Waals surface area contributed by atoms with Crippen molar-refractivity contribution in [2.75, 3.05) is 77.9 Å². The van der Waals surface area contributed by atoms with E-state index in [0.29, 0.717) is 18.9 Å². The number of piperazine rings is 1. The number of sulfonamides is 1. The van der Waals surface area contributed by atoms with Crippen LogP contribution in [0.4, 0.5) is 5.82 Å². The van der Waals surface area contributed by atoms with E-state index in [9.17, 15) is 8.42 Å². The minimum Gasteiger partial charge on any atom is -0.379 e. The average Bonchev–Trinajstić information content (AvgIpc) is 2.63. The fourth-order valence-electron chi connectivity index (χ4n) is 2.98. The van der Waals surface area contributed by atoms with Crippen molar-refractivity contribution >= 4 is 15.8 Å². The molecule has 0 atom stereocenters. The van der Waals surface area contributed by atoms with E-state index < -0.39 is 10.0 Å². The smallest absolute Gasteiger partial charge is 0.244 e. The van der Waals surface area contributed by atoms with Crippen LogP contribution in [0.5, 0.6) is 0 Å². The Morgan fingerprint density at radius 3 is 2.48 bits per heavy atom. The molecule has 0 saturated carbocycles. The average molecular weight is 369 g/mol. The maximum atomic E-state index is 12.7. The van der Waals surface area contributed by atoms with Crippen LogP contribution in [0, 0.1) is 0 Å². The lowest BCUT2D eigenvalue weighted by molar-refractivity contribution is 0.0398. The van der Waals surface area contributed by atoms with Crippen LogP contribution in [-0.4, -0.2) is 100 Å². The Hall–Kier alpha value is -1.26. The van der Waals surface area contributed by atoms with Crippen LogP contribution in [0.3, 0.4) is 0 Å². The van der Waals surface area contributed by atoms with Gasteiger partial charge in [0.2, 0.25) is 10.0 Å². The molecule has 1 aromatic rings. The summed E-state index contributed by atoms with van der Waals surface area (Å²) >= 11 is 0. The molecule has 3 heterocycles. The highest BCUT2D eigenvalue weighted by Crippen LogP contribution is 2.17. The number of nitrogens with zero attached hydrogens (tertiary/aromatic N) is 4. The Bertz CT molecular complexity index is 638. The highest BCUT2D eigenvalue weighted by molar-refractivity contribution is 7.89. The van der Waals surface area contributed by atoms with Crippen molar-refractivity contribution in [2.45, 2.75) is 4.90 Å². The molecule has 0 spiro atoms. The second kappa shape index (κ2) is 8.41. The summed E-state index contributed by atoms with van der Waals surface area (Å²) < 4.78 is 32.2. The molecule has 2 saturated heterocycles. The summed E-state index contributed by atoms with van der Waals surface area (Å²) in [7, 11) is -1.44. The lowest BCUT2D eigenvalue weighted by Crippen LogP contribution is -2.47. The third-order valence-electron chi connectivity index (χ3n) is 4.67. The van der Waals surface area contributed by atoms with Crippen LogP contribution < -0.4 is 5.32 Å². The van der Waals surface area contributed by atoms with Crippen molar-refractivity contribution in [3.8, 4) is 0 Å². The number of hydrogen-bond donors (Lipinski definition) is 1. The van der Waals surface area contributed by atoms with Gasteiger partial charge in [-0.1, -0.05) is 0 Å². The number of likely N-dealkylation sites (N-methyl/N-ethyl adjacent to an activating group) is 1. The lowest BCUT2D eigenvalue weighted by Gasteiger charge is -2.31. The summed E-state index contributed by atoms with van der Waals surface area (Å²) in [5.41, 5.74) is 0. The fraction of sp³-hybridized carbons (Fsp3) is 0.688. The van der Waals surface area contributed by atoms with Crippen molar-refractivity contribution in [3.05, 3.63) is 18.3 Å². The summed E-state index contributed by atoms with van der Waals surface area (Å²) in [6.45, 7) is 7.76. The molecule has 8 nitrogen and oxygen atoms in total. The predicted molar refractivity (Wildman–Crippen MR) is 96.2 cm³/mol. The first kappa shape index (κ1) is 18.5. The van der Waals surface area contributed by atoms with Crippen LogP contribution in [0.1, 0.15) is 0 Å². The number of aromatic nitrogens is 1. The molecule has 0 aliphatic carbocycles. The molecular weight excluding hydrogens is 342 g/mol. The highest BCUT2D eigenvalue weighted by atomic mass is 32.2. The van der Waals surface area contributed by atoms with Gasteiger partial charge in [0, 0.05) is 58.6 Å². The zero-order chi connectivity index (χ0) is 17.7. The Morgan fingerprint density at radius 2 is 1.84 bits per heavy atom. The predicted octanol–water partition coefficient (Wildman–Crippen LogP) is -0.238. The quantitative estimate of drug-likeness (QED) is 0.742. The minimum atomic E-state index is -3.45. The molecule has 2 aliphatic rings. The van der Waals surface area contributed by atoms with E-state index in [4.69, 9.17) is 4.74 Å². The normalized spacial score (nSPS) is 21.3. The van der Waals surface area contributed by atoms with Gasteiger partial charge in [-0.2, -0.15) is 4.31 Å². The first-order valence-corrected chi connectivity index (χ1v) is 10.2. The van der Waals surface area contributed by atoms with E-state index >= 15 is 0 Å². The zero-order valence-corrected chi connectivity index (χ0v) is 15.5. The molecule has 2 fully saturated rings. The standard InChI is InChI=1S/C16H27N5O3S/c1-19-6-8-21(9-7-19)25(22,23)15-2-3-16(18-14-15)17-4-5-20-10-12-24-13-11-20/h2-3,14H,4-13H2,1H3,(H,17,18). The summed E-state index contributed by atoms with van der Waals surface area (Å²) in [6, 6.07) is 3.37. The number of rotatable bonds is 6. The molecule has 1 N–H and O–H groups in total. The van der Waals surface area contributed by atoms with Gasteiger partial charge in [0.1, 0.15) is 10.7 Å². The first-order chi connectivity index (χ1) is 12.1. The second-order valence-electron chi connectivity index (χ2n) is 6.47. The van der Waals surface area contributed by atoms with Crippen molar-refractivity contribution in [1.29, 1.82) is 0 Å². The molecule has 2 aliphatic heterocycles. The molecule has 1 aromatic heterocycles. The summed E-state index contributed by atoms with van der Waals surface area (Å²) in [6.07, 6.45) is 1.45. The highest BCUT2D eigenvalue weighted by Gasteiger charge is 2.27. The van der Waals surface area contributed by atoms with Gasteiger partial charge in [-0.05, 0) is 19.2 Å². The number of nitrogens with one attached hydrogen (secondary N) is 1. The number of ether oxygens (including phenoxy) is 1. The summed E-state index contributed by atoms with van der Waals surface area (Å²) in [4.78, 5) is 8.99. The van der Waals surface area contributed by atoms with Gasteiger partial charge in [0.05, 0.1) is 13.2 Å². The third kappa shape index (κ3) is 4.89. The summed E-state index contributed by atoms with van der Waals surface area (Å²) in [5, 5.41) is 3.25. The topological polar surface area (TPSA) is 78.0 Å². The number of pyridine rings is 1. The van der Waals surface area contributed by atoms with Crippen molar-refractivity contribution in [3.63, 3.8) is 0 Å². The van der Waals surface area contributed by atoms with Gasteiger partial charge < -0.3 is 15.0 Å². The van der Waals surface area contributed by atoms with E-state index in [1.807, 2.05) is 7.05 Å². The molecule has 25 heavy (non-hydrogen) atoms. The maximum Gasteiger partial charge on any atom is 0.244 e. The zero-order valence-electron chi connectivity index (χ0n) is 14.7. The Labute approximate surface area is 149 Å². The Kier molecular flexibility index (Phi) is 6.24. The molecule has 3 rings (SSSR count). The molecule has 0 amide bonds. The lowest BCUT2D eigenvalue weighted by atomic mass is 10.4. The van der Waals surface area contributed by atoms with E-state index in [-0.39, 0.29) is 4.90 Å². The molecule has 0 unspecified atom stereocenters. The molecule has 9 heteroatoms. The fourth-order valence-corrected chi connectivity index (χ4v) is 4.35. The van der Waals surface area contributed by atoms with Crippen molar-refractivity contribution in [2.24, 2.45) is 0 Å². The van der Waals surface area contributed by atoms with Gasteiger partial charge in [0.15, 0.2) is 0 Å². The monoisotopic (exact) mass is 369 g/mol. The first-order valence-electron chi connectivity index (χ1n) is 8.74. The van der Waals surface area contributed by atoms with Crippen LogP contribution >= 0.6 is 0 Å². The second-order valence-corrected chi connectivity index (χ2v) is 8.41. The van der Waals surface area contributed by atoms with Crippen LogP contribution in [0.2, 0.25) is 0 Å². The summed E-state index contributed by atoms with van der Waals surface area (Å²) in [5.74, 6) is 0.700. The molecular formula is C16H27N5O3S. The Morgan fingerprint density at radius 1 is 1.12 bits per heavy atom. The van der Waals surface area contributed by atoms with Gasteiger partial charge in [-0.25, -0.2) is 13.4 Å². The van der Waals surface area contributed by atoms with E-state index in [2.05, 4.69) is 20.1 Å². The largest absolute Gasteiger partial charge is 0.379 e. The Balaban J connectivity index is 1.52. The van der Waals surface area contributed by atoms with E-state index in [1.54, 1.807) is 12.1 Å². The molecule has 0 radical (unpaired) electrons. The number of hydrogen-bond acceptors (Lipinski definition) is 7. The van der Waals surface area contributed by atoms with Crippen LogP contribution in [-0.2, 0) is 14.8 Å². The number of morpholine rings is 1. The van der Waals surface area contributed by atoms with Gasteiger partial charge in [0.25, 0.3) is 0 Å². The van der Waals surface area contributed by atoms with E-state index in [0.717, 1.165) is 52.5 Å². The number of anilines is 1. The maximum absolute atomic E-state index is 12.7. The van der Waals surface area contributed by atoms with Crippen LogP contribution in [0.25, 0.3) is 0 Å². The molecule has 0 bridgehead atoms. The van der Waals surface area contributed by atoms with Gasteiger partial charge in [-0.3, -0.25) is 4.90 Å². The third-order valence-corrected chi connectivity index (χ3v) is 6.56.